The summed E-state index contributed by atoms with van der Waals surface area (Å²) >= 11 is 0. The normalized spacial score (nSPS) is 10.1. The first-order valence-electron chi connectivity index (χ1n) is 14.4. The SMILES string of the molecule is CCCCCCCCCCCCC[NH2+]C.CCCCCCCCCCCCC[NH2+]C.[Br-].[Br-]. The first-order valence-corrected chi connectivity index (χ1v) is 14.4. The lowest BCUT2D eigenvalue weighted by molar-refractivity contribution is -0.627. The van der Waals surface area contributed by atoms with Gasteiger partial charge >= 0.3 is 0 Å². The lowest BCUT2D eigenvalue weighted by Gasteiger charge is -2.01. The zero-order chi connectivity index (χ0) is 22.4. The minimum atomic E-state index is 0. The van der Waals surface area contributed by atoms with Crippen molar-refractivity contribution in [3.63, 3.8) is 0 Å². The third-order valence-electron chi connectivity index (χ3n) is 6.19. The van der Waals surface area contributed by atoms with E-state index in [9.17, 15) is 0 Å². The number of unbranched alkanes of at least 4 members (excludes halogenated alkanes) is 20. The van der Waals surface area contributed by atoms with E-state index in [0.29, 0.717) is 0 Å². The highest BCUT2D eigenvalue weighted by molar-refractivity contribution is 4.48. The van der Waals surface area contributed by atoms with Crippen LogP contribution in [0.5, 0.6) is 0 Å². The summed E-state index contributed by atoms with van der Waals surface area (Å²) in [5, 5.41) is 4.57. The zero-order valence-corrected chi connectivity index (χ0v) is 26.1. The molecular formula is C28H64Br2N2. The van der Waals surface area contributed by atoms with Crippen LogP contribution >= 0.6 is 0 Å². The molecule has 0 aromatic rings. The van der Waals surface area contributed by atoms with Gasteiger partial charge in [0.2, 0.25) is 0 Å². The fraction of sp³-hybridized carbons (Fsp3) is 1.00. The average Bonchev–Trinajstić information content (AvgIpc) is 2.76. The van der Waals surface area contributed by atoms with Crippen LogP contribution in [0.2, 0.25) is 0 Å². The second kappa shape index (κ2) is 42.1. The summed E-state index contributed by atoms with van der Waals surface area (Å²) in [5.41, 5.74) is 0. The molecule has 0 amide bonds. The molecule has 0 aliphatic rings. The number of hydrogen-bond donors (Lipinski definition) is 2. The monoisotopic (exact) mass is 586 g/mol. The van der Waals surface area contributed by atoms with Crippen LogP contribution in [0.1, 0.15) is 155 Å². The van der Waals surface area contributed by atoms with Gasteiger partial charge in [-0.3, -0.25) is 0 Å². The molecule has 0 aromatic carbocycles. The Bertz CT molecular complexity index is 216. The Balaban J connectivity index is -0.000000231. The van der Waals surface area contributed by atoms with Gasteiger partial charge in [-0.25, -0.2) is 0 Å². The van der Waals surface area contributed by atoms with Crippen molar-refractivity contribution in [3.8, 4) is 0 Å². The molecule has 0 spiro atoms. The molecule has 0 atom stereocenters. The number of hydrogen-bond acceptors (Lipinski definition) is 0. The molecule has 0 saturated carbocycles. The number of quaternary nitrogens is 2. The van der Waals surface area contributed by atoms with Crippen molar-refractivity contribution in [2.24, 2.45) is 0 Å². The second-order valence-corrected chi connectivity index (χ2v) is 9.46. The van der Waals surface area contributed by atoms with Crippen molar-refractivity contribution in [2.75, 3.05) is 27.2 Å². The van der Waals surface area contributed by atoms with E-state index < -0.39 is 0 Å². The molecule has 0 aliphatic carbocycles. The van der Waals surface area contributed by atoms with Crippen LogP contribution in [0.4, 0.5) is 0 Å². The Labute approximate surface area is 226 Å². The van der Waals surface area contributed by atoms with Crippen LogP contribution in [0.25, 0.3) is 0 Å². The zero-order valence-electron chi connectivity index (χ0n) is 22.9. The summed E-state index contributed by atoms with van der Waals surface area (Å²) in [6.07, 6.45) is 31.9. The summed E-state index contributed by atoms with van der Waals surface area (Å²) in [5.74, 6) is 0. The largest absolute Gasteiger partial charge is 1.00 e. The number of halogens is 2. The highest BCUT2D eigenvalue weighted by atomic mass is 79.9. The van der Waals surface area contributed by atoms with E-state index in [1.165, 1.54) is 154 Å². The molecular weight excluding hydrogens is 524 g/mol. The molecule has 32 heavy (non-hydrogen) atoms. The van der Waals surface area contributed by atoms with Gasteiger partial charge in [0.1, 0.15) is 0 Å². The first-order chi connectivity index (χ1) is 14.8. The van der Waals surface area contributed by atoms with Gasteiger partial charge < -0.3 is 44.6 Å². The highest BCUT2D eigenvalue weighted by Gasteiger charge is 1.94. The molecule has 0 bridgehead atoms. The van der Waals surface area contributed by atoms with Gasteiger partial charge in [0, 0.05) is 0 Å². The Morgan fingerprint density at radius 3 is 0.688 bits per heavy atom. The smallest absolute Gasteiger partial charge is 0.0753 e. The van der Waals surface area contributed by atoms with Gasteiger partial charge in [0.05, 0.1) is 27.2 Å². The molecule has 0 unspecified atom stereocenters. The molecule has 200 valence electrons. The van der Waals surface area contributed by atoms with E-state index in [0.717, 1.165) is 0 Å². The van der Waals surface area contributed by atoms with E-state index in [1.807, 2.05) is 0 Å². The maximum atomic E-state index is 2.29. The minimum absolute atomic E-state index is 0. The summed E-state index contributed by atoms with van der Waals surface area (Å²) in [6, 6.07) is 0. The molecule has 0 aromatic heterocycles. The van der Waals surface area contributed by atoms with E-state index in [1.54, 1.807) is 0 Å². The molecule has 0 fully saturated rings. The first kappa shape index (κ1) is 40.1. The van der Waals surface area contributed by atoms with Crippen molar-refractivity contribution in [1.82, 2.24) is 0 Å². The van der Waals surface area contributed by atoms with Crippen LogP contribution in [-0.2, 0) is 0 Å². The third kappa shape index (κ3) is 44.5. The Morgan fingerprint density at radius 1 is 0.312 bits per heavy atom. The fourth-order valence-electron chi connectivity index (χ4n) is 4.03. The predicted octanol–water partition coefficient (Wildman–Crippen LogP) is 0.989. The summed E-state index contributed by atoms with van der Waals surface area (Å²) in [4.78, 5) is 0. The van der Waals surface area contributed by atoms with Crippen molar-refractivity contribution in [2.45, 2.75) is 155 Å². The van der Waals surface area contributed by atoms with Gasteiger partial charge in [-0.1, -0.05) is 129 Å². The topological polar surface area (TPSA) is 33.2 Å². The Hall–Kier alpha value is 0.880. The lowest BCUT2D eigenvalue weighted by Crippen LogP contribution is -3.00. The van der Waals surface area contributed by atoms with E-state index >= 15 is 0 Å². The lowest BCUT2D eigenvalue weighted by atomic mass is 10.1. The van der Waals surface area contributed by atoms with Crippen molar-refractivity contribution < 1.29 is 44.6 Å². The maximum absolute atomic E-state index is 2.29. The van der Waals surface area contributed by atoms with E-state index in [2.05, 4.69) is 38.6 Å². The third-order valence-corrected chi connectivity index (χ3v) is 6.19. The van der Waals surface area contributed by atoms with Gasteiger partial charge in [-0.05, 0) is 25.7 Å². The van der Waals surface area contributed by atoms with Crippen LogP contribution in [0.3, 0.4) is 0 Å². The summed E-state index contributed by atoms with van der Waals surface area (Å²) in [6.45, 7) is 7.20. The molecule has 0 saturated heterocycles. The van der Waals surface area contributed by atoms with E-state index in [4.69, 9.17) is 0 Å². The molecule has 0 rings (SSSR count). The molecule has 0 radical (unpaired) electrons. The molecule has 4 heteroatoms. The van der Waals surface area contributed by atoms with Crippen molar-refractivity contribution in [1.29, 1.82) is 0 Å². The molecule has 0 heterocycles. The van der Waals surface area contributed by atoms with E-state index in [-0.39, 0.29) is 34.0 Å². The molecule has 0 aliphatic heterocycles. The van der Waals surface area contributed by atoms with Gasteiger partial charge in [0.15, 0.2) is 0 Å². The minimum Gasteiger partial charge on any atom is -1.00 e. The van der Waals surface area contributed by atoms with Crippen LogP contribution in [0.15, 0.2) is 0 Å². The molecule has 2 nitrogen and oxygen atoms in total. The standard InChI is InChI=1S/2C14H31N.2BrH/c2*1-3-4-5-6-7-8-9-10-11-12-13-14-15-2;;/h2*15H,3-14H2,1-2H3;2*1H. The van der Waals surface area contributed by atoms with Gasteiger partial charge in [-0.15, -0.1) is 0 Å². The number of rotatable bonds is 24. The average molecular weight is 589 g/mol. The summed E-state index contributed by atoms with van der Waals surface area (Å²) in [7, 11) is 4.33. The van der Waals surface area contributed by atoms with Crippen LogP contribution in [-0.4, -0.2) is 27.2 Å². The van der Waals surface area contributed by atoms with Crippen LogP contribution < -0.4 is 44.6 Å². The quantitative estimate of drug-likeness (QED) is 0.158. The second-order valence-electron chi connectivity index (χ2n) is 9.46. The van der Waals surface area contributed by atoms with Crippen LogP contribution in [0, 0.1) is 0 Å². The number of nitrogens with two attached hydrogens (primary N) is 2. The van der Waals surface area contributed by atoms with Crippen molar-refractivity contribution >= 4 is 0 Å². The maximum Gasteiger partial charge on any atom is 0.0753 e. The highest BCUT2D eigenvalue weighted by Crippen LogP contribution is 2.11. The molecule has 4 N–H and O–H groups in total. The van der Waals surface area contributed by atoms with Gasteiger partial charge in [-0.2, -0.15) is 0 Å². The Morgan fingerprint density at radius 2 is 0.500 bits per heavy atom. The summed E-state index contributed by atoms with van der Waals surface area (Å²) < 4.78 is 0. The Kier molecular flexibility index (Phi) is 52.7. The predicted molar refractivity (Wildman–Crippen MR) is 138 cm³/mol. The van der Waals surface area contributed by atoms with Crippen molar-refractivity contribution in [3.05, 3.63) is 0 Å². The fourth-order valence-corrected chi connectivity index (χ4v) is 4.03. The van der Waals surface area contributed by atoms with Gasteiger partial charge in [0.25, 0.3) is 0 Å².